The van der Waals surface area contributed by atoms with Gasteiger partial charge in [-0.15, -0.1) is 0 Å². The molecular weight excluding hydrogens is 186 g/mol. The molecular formula is C13H25NO. The van der Waals surface area contributed by atoms with Crippen LogP contribution in [0.15, 0.2) is 0 Å². The van der Waals surface area contributed by atoms with Gasteiger partial charge in [-0.3, -0.25) is 9.69 Å². The van der Waals surface area contributed by atoms with Crippen molar-refractivity contribution < 1.29 is 4.79 Å². The Hall–Kier alpha value is -0.370. The Bertz CT molecular complexity index is 179. The monoisotopic (exact) mass is 211 g/mol. The molecule has 15 heavy (non-hydrogen) atoms. The van der Waals surface area contributed by atoms with E-state index < -0.39 is 0 Å². The maximum absolute atomic E-state index is 11.0. The number of hydrogen-bond donors (Lipinski definition) is 0. The highest BCUT2D eigenvalue weighted by atomic mass is 16.1. The van der Waals surface area contributed by atoms with Crippen LogP contribution in [0.4, 0.5) is 0 Å². The first kappa shape index (κ1) is 12.7. The first-order valence-corrected chi connectivity index (χ1v) is 6.57. The van der Waals surface area contributed by atoms with Crippen molar-refractivity contribution in [2.24, 2.45) is 0 Å². The Morgan fingerprint density at radius 1 is 1.07 bits per heavy atom. The number of carbonyl (C=O) groups is 1. The third-order valence-corrected chi connectivity index (χ3v) is 3.18. The largest absolute Gasteiger partial charge is 0.298 e. The van der Waals surface area contributed by atoms with Gasteiger partial charge in [0, 0.05) is 13.0 Å². The van der Waals surface area contributed by atoms with Crippen molar-refractivity contribution >= 4 is 5.78 Å². The summed E-state index contributed by atoms with van der Waals surface area (Å²) >= 11 is 0. The zero-order valence-corrected chi connectivity index (χ0v) is 10.1. The predicted octanol–water partition coefficient (Wildman–Crippen LogP) is 3.01. The Labute approximate surface area is 94.0 Å². The Morgan fingerprint density at radius 2 is 1.73 bits per heavy atom. The minimum atomic E-state index is 0.429. The summed E-state index contributed by atoms with van der Waals surface area (Å²) in [6.07, 6.45) is 10.3. The minimum absolute atomic E-state index is 0.429. The number of carbonyl (C=O) groups excluding carboxylic acids is 1. The average Bonchev–Trinajstić information content (AvgIpc) is 2.63. The van der Waals surface area contributed by atoms with E-state index in [0.29, 0.717) is 5.78 Å². The second-order valence-electron chi connectivity index (χ2n) is 4.69. The third kappa shape index (κ3) is 5.93. The Balaban J connectivity index is 1.83. The zero-order valence-electron chi connectivity index (χ0n) is 10.1. The van der Waals surface area contributed by atoms with E-state index in [1.807, 2.05) is 0 Å². The molecule has 0 aliphatic carbocycles. The van der Waals surface area contributed by atoms with Gasteiger partial charge >= 0.3 is 0 Å². The van der Waals surface area contributed by atoms with Crippen molar-refractivity contribution in [1.29, 1.82) is 0 Å². The first-order valence-electron chi connectivity index (χ1n) is 6.57. The molecule has 0 amide bonds. The Morgan fingerprint density at radius 3 is 2.33 bits per heavy atom. The van der Waals surface area contributed by atoms with Gasteiger partial charge in [-0.1, -0.05) is 45.4 Å². The minimum Gasteiger partial charge on any atom is -0.298 e. The molecule has 2 heteroatoms. The molecule has 2 nitrogen and oxygen atoms in total. The highest BCUT2D eigenvalue weighted by Gasteiger charge is 2.17. The van der Waals surface area contributed by atoms with E-state index in [4.69, 9.17) is 0 Å². The standard InChI is InChI=1S/C13H25NO/c1-2-3-4-5-6-7-8-10-14-11-9-13(15)12-14/h2-12H2,1H3. The van der Waals surface area contributed by atoms with Crippen LogP contribution in [0.25, 0.3) is 0 Å². The van der Waals surface area contributed by atoms with Crippen LogP contribution in [0.2, 0.25) is 0 Å². The van der Waals surface area contributed by atoms with Gasteiger partial charge in [-0.2, -0.15) is 0 Å². The number of Topliss-reactive ketones (excluding diaryl/α,β-unsaturated/α-hetero) is 1. The van der Waals surface area contributed by atoms with E-state index in [0.717, 1.165) is 26.1 Å². The molecule has 88 valence electrons. The lowest BCUT2D eigenvalue weighted by molar-refractivity contribution is -0.116. The fraction of sp³-hybridized carbons (Fsp3) is 0.923. The summed E-state index contributed by atoms with van der Waals surface area (Å²) in [5.74, 6) is 0.429. The van der Waals surface area contributed by atoms with E-state index in [1.54, 1.807) is 0 Å². The summed E-state index contributed by atoms with van der Waals surface area (Å²) in [6, 6.07) is 0. The molecule has 0 unspecified atom stereocenters. The van der Waals surface area contributed by atoms with E-state index in [9.17, 15) is 4.79 Å². The lowest BCUT2D eigenvalue weighted by Crippen LogP contribution is -2.21. The molecule has 1 rings (SSSR count). The number of nitrogens with zero attached hydrogens (tertiary/aromatic N) is 1. The molecule has 0 aromatic rings. The Kier molecular flexibility index (Phi) is 6.66. The van der Waals surface area contributed by atoms with Crippen LogP contribution < -0.4 is 0 Å². The second kappa shape index (κ2) is 7.86. The summed E-state index contributed by atoms with van der Waals surface area (Å²) in [6.45, 7) is 5.12. The lowest BCUT2D eigenvalue weighted by atomic mass is 10.1. The highest BCUT2D eigenvalue weighted by molar-refractivity contribution is 5.82. The second-order valence-corrected chi connectivity index (χ2v) is 4.69. The van der Waals surface area contributed by atoms with Gasteiger partial charge in [0.1, 0.15) is 5.78 Å². The SMILES string of the molecule is CCCCCCCCCN1CCC(=O)C1. The zero-order chi connectivity index (χ0) is 10.9. The molecule has 0 atom stereocenters. The van der Waals surface area contributed by atoms with Crippen LogP contribution in [0.1, 0.15) is 58.3 Å². The molecule has 1 heterocycles. The van der Waals surface area contributed by atoms with E-state index in [2.05, 4.69) is 11.8 Å². The number of hydrogen-bond acceptors (Lipinski definition) is 2. The molecule has 0 spiro atoms. The normalized spacial score (nSPS) is 17.5. The maximum atomic E-state index is 11.0. The van der Waals surface area contributed by atoms with Crippen molar-refractivity contribution in [2.75, 3.05) is 19.6 Å². The fourth-order valence-electron chi connectivity index (χ4n) is 2.17. The summed E-state index contributed by atoms with van der Waals surface area (Å²) in [5, 5.41) is 0. The third-order valence-electron chi connectivity index (χ3n) is 3.18. The molecule has 1 aliphatic rings. The molecule has 0 aromatic heterocycles. The van der Waals surface area contributed by atoms with E-state index in [-0.39, 0.29) is 0 Å². The molecule has 0 radical (unpaired) electrons. The van der Waals surface area contributed by atoms with Crippen molar-refractivity contribution in [3.63, 3.8) is 0 Å². The first-order chi connectivity index (χ1) is 7.33. The van der Waals surface area contributed by atoms with Gasteiger partial charge in [0.05, 0.1) is 6.54 Å². The molecule has 1 aliphatic heterocycles. The summed E-state index contributed by atoms with van der Waals surface area (Å²) < 4.78 is 0. The van der Waals surface area contributed by atoms with Crippen molar-refractivity contribution in [2.45, 2.75) is 58.3 Å². The number of ketones is 1. The summed E-state index contributed by atoms with van der Waals surface area (Å²) in [7, 11) is 0. The van der Waals surface area contributed by atoms with E-state index >= 15 is 0 Å². The van der Waals surface area contributed by atoms with Gasteiger partial charge in [-0.25, -0.2) is 0 Å². The van der Waals surface area contributed by atoms with Gasteiger partial charge in [0.15, 0.2) is 0 Å². The molecule has 0 bridgehead atoms. The molecule has 1 saturated heterocycles. The quantitative estimate of drug-likeness (QED) is 0.575. The van der Waals surface area contributed by atoms with Crippen LogP contribution in [-0.4, -0.2) is 30.3 Å². The van der Waals surface area contributed by atoms with Gasteiger partial charge < -0.3 is 0 Å². The smallest absolute Gasteiger partial charge is 0.148 e. The van der Waals surface area contributed by atoms with Crippen LogP contribution >= 0.6 is 0 Å². The number of rotatable bonds is 8. The van der Waals surface area contributed by atoms with Crippen molar-refractivity contribution in [1.82, 2.24) is 4.90 Å². The summed E-state index contributed by atoms with van der Waals surface area (Å²) in [5.41, 5.74) is 0. The molecule has 0 aromatic carbocycles. The fourth-order valence-corrected chi connectivity index (χ4v) is 2.17. The maximum Gasteiger partial charge on any atom is 0.148 e. The topological polar surface area (TPSA) is 20.3 Å². The van der Waals surface area contributed by atoms with Gasteiger partial charge in [0.25, 0.3) is 0 Å². The number of likely N-dealkylation sites (tertiary alicyclic amines) is 1. The van der Waals surface area contributed by atoms with Crippen molar-refractivity contribution in [3.05, 3.63) is 0 Å². The van der Waals surface area contributed by atoms with E-state index in [1.165, 1.54) is 44.9 Å². The van der Waals surface area contributed by atoms with Crippen LogP contribution in [0.5, 0.6) is 0 Å². The van der Waals surface area contributed by atoms with Crippen LogP contribution in [-0.2, 0) is 4.79 Å². The number of unbranched alkanes of at least 4 members (excludes halogenated alkanes) is 6. The molecule has 1 fully saturated rings. The average molecular weight is 211 g/mol. The van der Waals surface area contributed by atoms with Crippen molar-refractivity contribution in [3.8, 4) is 0 Å². The lowest BCUT2D eigenvalue weighted by Gasteiger charge is -2.12. The molecule has 0 saturated carbocycles. The summed E-state index contributed by atoms with van der Waals surface area (Å²) in [4.78, 5) is 13.3. The van der Waals surface area contributed by atoms with Crippen LogP contribution in [0.3, 0.4) is 0 Å². The molecule has 0 N–H and O–H groups in total. The van der Waals surface area contributed by atoms with Gasteiger partial charge in [0.2, 0.25) is 0 Å². The van der Waals surface area contributed by atoms with Crippen LogP contribution in [0, 0.1) is 0 Å². The predicted molar refractivity (Wildman–Crippen MR) is 64.1 cm³/mol. The highest BCUT2D eigenvalue weighted by Crippen LogP contribution is 2.09. The van der Waals surface area contributed by atoms with Gasteiger partial charge in [-0.05, 0) is 13.0 Å².